The largest absolute Gasteiger partial charge is 0.526 e. The minimum Gasteiger partial charge on any atom is -0.261 e. The van der Waals surface area contributed by atoms with Crippen LogP contribution < -0.4 is 0 Å². The molecule has 0 aromatic rings. The van der Waals surface area contributed by atoms with E-state index in [0.717, 1.165) is 43.5 Å². The summed E-state index contributed by atoms with van der Waals surface area (Å²) in [7, 11) is -0.625. The lowest BCUT2D eigenvalue weighted by atomic mass is 10.1. The van der Waals surface area contributed by atoms with Crippen LogP contribution in [-0.2, 0) is 4.52 Å². The molecule has 1 atom stereocenters. The predicted molar refractivity (Wildman–Crippen MR) is 70.9 cm³/mol. The highest BCUT2D eigenvalue weighted by Gasteiger charge is 2.29. The maximum absolute atomic E-state index is 11.8. The van der Waals surface area contributed by atoms with Gasteiger partial charge in [-0.3, -0.25) is 4.52 Å². The Kier molecular flexibility index (Phi) is 11.1. The van der Waals surface area contributed by atoms with Gasteiger partial charge in [0.1, 0.15) is 0 Å². The highest BCUT2D eigenvalue weighted by Crippen LogP contribution is 2.38. The Morgan fingerprint density at radius 1 is 0.750 bits per heavy atom. The molecule has 122 valence electrons. The van der Waals surface area contributed by atoms with Gasteiger partial charge in [0, 0.05) is 6.42 Å². The third-order valence-corrected chi connectivity index (χ3v) is 4.56. The smallest absolute Gasteiger partial charge is 0.261 e. The molecule has 0 fully saturated rings. The van der Waals surface area contributed by atoms with Gasteiger partial charge in [0.05, 0.1) is 8.01 Å². The molecule has 0 aromatic carbocycles. The van der Waals surface area contributed by atoms with Crippen LogP contribution in [0.15, 0.2) is 0 Å². The van der Waals surface area contributed by atoms with Crippen molar-refractivity contribution in [2.45, 2.75) is 63.9 Å². The summed E-state index contributed by atoms with van der Waals surface area (Å²) in [6, 6.07) is 0. The number of halogens is 6. The lowest BCUT2D eigenvalue weighted by Crippen LogP contribution is -2.06. The fraction of sp³-hybridized carbons (Fsp3) is 1.00. The molecule has 0 heterocycles. The van der Waals surface area contributed by atoms with E-state index in [0.29, 0.717) is 12.2 Å². The Hall–Kier alpha value is 0.320. The summed E-state index contributed by atoms with van der Waals surface area (Å²) in [6.45, 7) is 0. The van der Waals surface area contributed by atoms with E-state index in [2.05, 4.69) is 4.52 Å². The number of hydrogen-bond acceptors (Lipinski definition) is 2. The van der Waals surface area contributed by atoms with E-state index in [1.54, 1.807) is 0 Å². The van der Waals surface area contributed by atoms with Crippen molar-refractivity contribution in [1.82, 2.24) is 0 Å². The first-order chi connectivity index (χ1) is 9.21. The van der Waals surface area contributed by atoms with Crippen LogP contribution in [0.2, 0.25) is 0 Å². The van der Waals surface area contributed by atoms with Crippen molar-refractivity contribution in [3.63, 3.8) is 0 Å². The molecule has 0 spiro atoms. The first kappa shape index (κ1) is 20.3. The molecule has 1 unspecified atom stereocenters. The Balaban J connectivity index is 3.10. The molecule has 0 amide bonds. The van der Waals surface area contributed by atoms with E-state index >= 15 is 0 Å². The van der Waals surface area contributed by atoms with Crippen molar-refractivity contribution in [2.75, 3.05) is 5.75 Å². The van der Waals surface area contributed by atoms with Gasteiger partial charge in [-0.15, -0.1) is 24.6 Å². The van der Waals surface area contributed by atoms with Crippen molar-refractivity contribution in [3.05, 3.63) is 0 Å². The average molecular weight is 344 g/mol. The number of hydrogen-bond donors (Lipinski definition) is 0. The first-order valence-corrected chi connectivity index (χ1v) is 9.01. The summed E-state index contributed by atoms with van der Waals surface area (Å²) in [6.07, 6.45) is -4.31. The average Bonchev–Trinajstić information content (AvgIpc) is 2.27. The molecule has 0 aliphatic heterocycles. The van der Waals surface area contributed by atoms with E-state index in [4.69, 9.17) is 0 Å². The summed E-state index contributed by atoms with van der Waals surface area (Å²) >= 11 is 1.12. The van der Waals surface area contributed by atoms with Crippen molar-refractivity contribution in [3.8, 4) is 0 Å². The van der Waals surface area contributed by atoms with Crippen molar-refractivity contribution in [1.29, 1.82) is 0 Å². The maximum atomic E-state index is 11.8. The lowest BCUT2D eigenvalue weighted by Gasteiger charge is -2.06. The molecule has 0 saturated carbocycles. The highest BCUT2D eigenvalue weighted by atomic mass is 32.7. The molecular weight excluding hydrogens is 325 g/mol. The molecule has 0 radical (unpaired) electrons. The SMILES string of the molecule is FC(F)(F)CCCCCCCCCSPOC(F)(F)F. The molecule has 0 saturated heterocycles. The van der Waals surface area contributed by atoms with Crippen LogP contribution in [0.5, 0.6) is 0 Å². The maximum Gasteiger partial charge on any atom is 0.526 e. The van der Waals surface area contributed by atoms with E-state index < -0.39 is 27.0 Å². The fourth-order valence-electron chi connectivity index (χ4n) is 1.50. The topological polar surface area (TPSA) is 9.23 Å². The zero-order valence-electron chi connectivity index (χ0n) is 10.9. The summed E-state index contributed by atoms with van der Waals surface area (Å²) < 4.78 is 73.9. The quantitative estimate of drug-likeness (QED) is 0.242. The predicted octanol–water partition coefficient (Wildman–Crippen LogP) is 6.45. The van der Waals surface area contributed by atoms with Gasteiger partial charge in [-0.25, -0.2) is 0 Å². The van der Waals surface area contributed by atoms with Gasteiger partial charge in [-0.05, 0) is 18.6 Å². The summed E-state index contributed by atoms with van der Waals surface area (Å²) in [4.78, 5) is 0. The minimum atomic E-state index is -4.55. The standard InChI is InChI=1S/C11H19F6OPS/c12-10(13,14)8-6-4-2-1-3-5-7-9-20-19-18-11(15,16)17/h19H,1-9H2. The zero-order chi connectivity index (χ0) is 15.5. The van der Waals surface area contributed by atoms with E-state index in [-0.39, 0.29) is 6.42 Å². The monoisotopic (exact) mass is 344 g/mol. The molecule has 0 N–H and O–H groups in total. The first-order valence-electron chi connectivity index (χ1n) is 6.39. The summed E-state index contributed by atoms with van der Waals surface area (Å²) in [5.41, 5.74) is 0. The second-order valence-corrected chi connectivity index (χ2v) is 6.75. The number of alkyl halides is 6. The Morgan fingerprint density at radius 2 is 1.25 bits per heavy atom. The molecule has 1 nitrogen and oxygen atoms in total. The van der Waals surface area contributed by atoms with Gasteiger partial charge in [0.2, 0.25) is 0 Å². The zero-order valence-corrected chi connectivity index (χ0v) is 12.8. The third kappa shape index (κ3) is 18.3. The molecule has 0 aliphatic carbocycles. The van der Waals surface area contributed by atoms with E-state index in [1.165, 1.54) is 0 Å². The van der Waals surface area contributed by atoms with Crippen molar-refractivity contribution >= 4 is 19.4 Å². The minimum absolute atomic E-state index is 0.176. The second kappa shape index (κ2) is 11.0. The molecule has 0 rings (SSSR count). The van der Waals surface area contributed by atoms with Crippen LogP contribution in [0.4, 0.5) is 26.3 Å². The molecule has 0 aliphatic rings. The second-order valence-electron chi connectivity index (χ2n) is 4.32. The van der Waals surface area contributed by atoms with Crippen LogP contribution in [-0.4, -0.2) is 18.3 Å². The van der Waals surface area contributed by atoms with Crippen LogP contribution >= 0.6 is 19.4 Å². The third-order valence-electron chi connectivity index (χ3n) is 2.42. The van der Waals surface area contributed by atoms with Crippen LogP contribution in [0, 0.1) is 0 Å². The van der Waals surface area contributed by atoms with Gasteiger partial charge in [-0.2, -0.15) is 13.2 Å². The van der Waals surface area contributed by atoms with E-state index in [1.807, 2.05) is 0 Å². The van der Waals surface area contributed by atoms with Gasteiger partial charge >= 0.3 is 12.5 Å². The Labute approximate surface area is 120 Å². The van der Waals surface area contributed by atoms with Crippen LogP contribution in [0.1, 0.15) is 51.4 Å². The number of rotatable bonds is 11. The molecule has 20 heavy (non-hydrogen) atoms. The van der Waals surface area contributed by atoms with E-state index in [9.17, 15) is 26.3 Å². The lowest BCUT2D eigenvalue weighted by molar-refractivity contribution is -0.268. The van der Waals surface area contributed by atoms with Gasteiger partial charge in [0.15, 0.2) is 0 Å². The van der Waals surface area contributed by atoms with Crippen LogP contribution in [0.3, 0.4) is 0 Å². The van der Waals surface area contributed by atoms with Crippen LogP contribution in [0.25, 0.3) is 0 Å². The van der Waals surface area contributed by atoms with Gasteiger partial charge in [0.25, 0.3) is 0 Å². The summed E-state index contributed by atoms with van der Waals surface area (Å²) in [5, 5.41) is 0. The summed E-state index contributed by atoms with van der Waals surface area (Å²) in [5.74, 6) is 0.614. The van der Waals surface area contributed by atoms with Crippen molar-refractivity contribution in [2.24, 2.45) is 0 Å². The molecular formula is C11H19F6OPS. The number of unbranched alkanes of at least 4 members (excludes halogenated alkanes) is 6. The molecule has 9 heteroatoms. The molecule has 0 bridgehead atoms. The Bertz CT molecular complexity index is 210. The van der Waals surface area contributed by atoms with Crippen molar-refractivity contribution < 1.29 is 30.9 Å². The fourth-order valence-corrected chi connectivity index (χ4v) is 3.23. The Morgan fingerprint density at radius 3 is 1.75 bits per heavy atom. The van der Waals surface area contributed by atoms with Gasteiger partial charge < -0.3 is 0 Å². The highest BCUT2D eigenvalue weighted by molar-refractivity contribution is 8.48. The normalized spacial score (nSPS) is 13.5. The molecule has 0 aromatic heterocycles. The van der Waals surface area contributed by atoms with Gasteiger partial charge in [-0.1, -0.05) is 32.1 Å².